The van der Waals surface area contributed by atoms with Crippen LogP contribution < -0.4 is 0 Å². The molecule has 0 aromatic heterocycles. The zero-order valence-corrected chi connectivity index (χ0v) is 9.49. The maximum Gasteiger partial charge on any atom is 0.0510 e. The lowest BCUT2D eigenvalue weighted by Gasteiger charge is -2.20. The summed E-state index contributed by atoms with van der Waals surface area (Å²) in [5.74, 6) is 5.44. The average molecular weight is 208 g/mol. The van der Waals surface area contributed by atoms with Gasteiger partial charge < -0.3 is 0 Å². The van der Waals surface area contributed by atoms with Crippen molar-refractivity contribution >= 4 is 35.3 Å². The smallest absolute Gasteiger partial charge is 0.0510 e. The average Bonchev–Trinajstić information content (AvgIpc) is 2.07. The van der Waals surface area contributed by atoms with E-state index in [9.17, 15) is 0 Å². The van der Waals surface area contributed by atoms with Crippen molar-refractivity contribution < 1.29 is 0 Å². The first-order valence-corrected chi connectivity index (χ1v) is 7.49. The van der Waals surface area contributed by atoms with E-state index in [-0.39, 0.29) is 0 Å². The topological polar surface area (TPSA) is 0 Å². The molecule has 11 heavy (non-hydrogen) atoms. The van der Waals surface area contributed by atoms with Crippen LogP contribution in [0.5, 0.6) is 0 Å². The normalized spacial score (nSPS) is 20.5. The molecule has 0 aromatic rings. The van der Waals surface area contributed by atoms with Gasteiger partial charge in [0.15, 0.2) is 0 Å². The molecular weight excluding hydrogens is 192 g/mol. The second-order valence-electron chi connectivity index (χ2n) is 2.51. The Bertz CT molecular complexity index is 89.3. The third-order valence-corrected chi connectivity index (χ3v) is 5.61. The van der Waals surface area contributed by atoms with E-state index in [0.717, 1.165) is 4.58 Å². The van der Waals surface area contributed by atoms with Crippen molar-refractivity contribution in [3.05, 3.63) is 0 Å². The lowest BCUT2D eigenvalue weighted by molar-refractivity contribution is 1.02. The SMILES string of the molecule is CCSCCC1SCCCS1. The van der Waals surface area contributed by atoms with Gasteiger partial charge >= 0.3 is 0 Å². The molecule has 0 nitrogen and oxygen atoms in total. The van der Waals surface area contributed by atoms with E-state index in [2.05, 4.69) is 42.2 Å². The molecule has 0 atom stereocenters. The van der Waals surface area contributed by atoms with Gasteiger partial charge in [-0.2, -0.15) is 11.8 Å². The summed E-state index contributed by atoms with van der Waals surface area (Å²) in [5, 5.41) is 0. The minimum atomic E-state index is 0.919. The molecule has 66 valence electrons. The van der Waals surface area contributed by atoms with Crippen LogP contribution in [0.25, 0.3) is 0 Å². The van der Waals surface area contributed by atoms with Gasteiger partial charge in [0.1, 0.15) is 0 Å². The molecule has 0 amide bonds. The Morgan fingerprint density at radius 1 is 1.36 bits per heavy atom. The number of rotatable bonds is 4. The van der Waals surface area contributed by atoms with Gasteiger partial charge in [0.2, 0.25) is 0 Å². The minimum absolute atomic E-state index is 0.919. The quantitative estimate of drug-likeness (QED) is 0.651. The first-order chi connectivity index (χ1) is 5.43. The number of hydrogen-bond acceptors (Lipinski definition) is 3. The molecule has 1 aliphatic heterocycles. The van der Waals surface area contributed by atoms with E-state index in [1.54, 1.807) is 0 Å². The lowest BCUT2D eigenvalue weighted by atomic mass is 10.5. The van der Waals surface area contributed by atoms with E-state index >= 15 is 0 Å². The van der Waals surface area contributed by atoms with Gasteiger partial charge in [-0.05, 0) is 35.9 Å². The van der Waals surface area contributed by atoms with E-state index in [4.69, 9.17) is 0 Å². The standard InChI is InChI=1S/C8H16S3/c1-2-9-7-4-8-10-5-3-6-11-8/h8H,2-7H2,1H3. The largest absolute Gasteiger partial charge is 0.162 e. The third-order valence-electron chi connectivity index (χ3n) is 1.60. The number of thioether (sulfide) groups is 3. The highest BCUT2D eigenvalue weighted by molar-refractivity contribution is 8.17. The monoisotopic (exact) mass is 208 g/mol. The molecule has 1 heterocycles. The third kappa shape index (κ3) is 4.58. The number of hydrogen-bond donors (Lipinski definition) is 0. The molecule has 1 rings (SSSR count). The van der Waals surface area contributed by atoms with Gasteiger partial charge in [-0.1, -0.05) is 6.92 Å². The van der Waals surface area contributed by atoms with Gasteiger partial charge in [0, 0.05) is 0 Å². The Hall–Kier alpha value is 1.05. The molecular formula is C8H16S3. The molecule has 0 N–H and O–H groups in total. The van der Waals surface area contributed by atoms with Crippen molar-refractivity contribution in [3.63, 3.8) is 0 Å². The molecule has 1 fully saturated rings. The Labute approximate surface area is 82.7 Å². The van der Waals surface area contributed by atoms with Crippen LogP contribution in [0.15, 0.2) is 0 Å². The van der Waals surface area contributed by atoms with Crippen LogP contribution in [-0.4, -0.2) is 27.6 Å². The van der Waals surface area contributed by atoms with E-state index in [1.807, 2.05) is 0 Å². The highest BCUT2D eigenvalue weighted by Crippen LogP contribution is 2.33. The molecule has 0 unspecified atom stereocenters. The fourth-order valence-corrected chi connectivity index (χ4v) is 4.88. The maximum atomic E-state index is 2.24. The van der Waals surface area contributed by atoms with Crippen LogP contribution in [0, 0.1) is 0 Å². The highest BCUT2D eigenvalue weighted by atomic mass is 32.2. The van der Waals surface area contributed by atoms with E-state index < -0.39 is 0 Å². The van der Waals surface area contributed by atoms with Crippen LogP contribution >= 0.6 is 35.3 Å². The van der Waals surface area contributed by atoms with E-state index in [1.165, 1.54) is 35.9 Å². The molecule has 1 saturated heterocycles. The van der Waals surface area contributed by atoms with Crippen molar-refractivity contribution in [2.75, 3.05) is 23.0 Å². The van der Waals surface area contributed by atoms with Gasteiger partial charge in [-0.3, -0.25) is 0 Å². The second kappa shape index (κ2) is 6.55. The fraction of sp³-hybridized carbons (Fsp3) is 1.00. The van der Waals surface area contributed by atoms with Crippen LogP contribution in [0.3, 0.4) is 0 Å². The van der Waals surface area contributed by atoms with Crippen molar-refractivity contribution in [2.24, 2.45) is 0 Å². The van der Waals surface area contributed by atoms with Gasteiger partial charge in [0.05, 0.1) is 4.58 Å². The van der Waals surface area contributed by atoms with Crippen molar-refractivity contribution in [1.29, 1.82) is 0 Å². The van der Waals surface area contributed by atoms with Gasteiger partial charge in [0.25, 0.3) is 0 Å². The van der Waals surface area contributed by atoms with Crippen LogP contribution in [0.2, 0.25) is 0 Å². The first-order valence-electron chi connectivity index (χ1n) is 4.24. The summed E-state index contributed by atoms with van der Waals surface area (Å²) in [6, 6.07) is 0. The Balaban J connectivity index is 1.96. The molecule has 1 aliphatic rings. The Morgan fingerprint density at radius 2 is 2.09 bits per heavy atom. The zero-order chi connectivity index (χ0) is 7.94. The first kappa shape index (κ1) is 10.1. The van der Waals surface area contributed by atoms with Crippen molar-refractivity contribution in [1.82, 2.24) is 0 Å². The summed E-state index contributed by atoms with van der Waals surface area (Å²) in [6.45, 7) is 2.24. The van der Waals surface area contributed by atoms with Crippen molar-refractivity contribution in [3.8, 4) is 0 Å². The summed E-state index contributed by atoms with van der Waals surface area (Å²) in [5.41, 5.74) is 0. The van der Waals surface area contributed by atoms with Crippen molar-refractivity contribution in [2.45, 2.75) is 24.3 Å². The summed E-state index contributed by atoms with van der Waals surface area (Å²) >= 11 is 6.40. The Kier molecular flexibility index (Phi) is 6.04. The predicted octanol–water partition coefficient (Wildman–Crippen LogP) is 3.33. The lowest BCUT2D eigenvalue weighted by Crippen LogP contribution is -2.07. The van der Waals surface area contributed by atoms with Crippen LogP contribution in [0.4, 0.5) is 0 Å². The molecule has 0 aliphatic carbocycles. The van der Waals surface area contributed by atoms with Gasteiger partial charge in [-0.25, -0.2) is 0 Å². The maximum absolute atomic E-state index is 2.24. The summed E-state index contributed by atoms with van der Waals surface area (Å²) < 4.78 is 0.919. The minimum Gasteiger partial charge on any atom is -0.162 e. The molecule has 0 aromatic carbocycles. The highest BCUT2D eigenvalue weighted by Gasteiger charge is 2.13. The summed E-state index contributed by atoms with van der Waals surface area (Å²) in [7, 11) is 0. The predicted molar refractivity (Wildman–Crippen MR) is 60.9 cm³/mol. The summed E-state index contributed by atoms with van der Waals surface area (Å²) in [6.07, 6.45) is 2.83. The second-order valence-corrected chi connectivity index (χ2v) is 6.82. The molecule has 0 bridgehead atoms. The Morgan fingerprint density at radius 3 is 2.73 bits per heavy atom. The molecule has 0 spiro atoms. The summed E-state index contributed by atoms with van der Waals surface area (Å²) in [4.78, 5) is 0. The zero-order valence-electron chi connectivity index (χ0n) is 7.04. The van der Waals surface area contributed by atoms with E-state index in [0.29, 0.717) is 0 Å². The van der Waals surface area contributed by atoms with Crippen LogP contribution in [-0.2, 0) is 0 Å². The molecule has 3 heteroatoms. The molecule has 0 radical (unpaired) electrons. The van der Waals surface area contributed by atoms with Gasteiger partial charge in [-0.15, -0.1) is 23.5 Å². The molecule has 0 saturated carbocycles. The fourth-order valence-electron chi connectivity index (χ4n) is 1.03. The van der Waals surface area contributed by atoms with Crippen LogP contribution in [0.1, 0.15) is 19.8 Å².